The quantitative estimate of drug-likeness (QED) is 0.0600. The van der Waals surface area contributed by atoms with Crippen molar-refractivity contribution in [1.82, 2.24) is 9.97 Å². The highest BCUT2D eigenvalue weighted by Gasteiger charge is 2.24. The van der Waals surface area contributed by atoms with E-state index in [1.54, 1.807) is 0 Å². The molecule has 0 saturated heterocycles. The number of unbranched alkanes of at least 4 members (excludes halogenated alkanes) is 30. The number of hydrogen-bond donors (Lipinski definition) is 2. The van der Waals surface area contributed by atoms with Crippen molar-refractivity contribution < 1.29 is 0 Å². The Morgan fingerprint density at radius 2 is 0.442 bits per heavy atom. The summed E-state index contributed by atoms with van der Waals surface area (Å²) in [5.41, 5.74) is -0.496. The minimum atomic E-state index is -0.422. The normalized spacial score (nSPS) is 11.9. The van der Waals surface area contributed by atoms with Gasteiger partial charge in [-0.1, -0.05) is 206 Å². The highest BCUT2D eigenvalue weighted by atomic mass is 16.2. The molecule has 0 bridgehead atoms. The molecule has 3 aromatic rings. The van der Waals surface area contributed by atoms with Gasteiger partial charge in [0.25, 0.3) is 22.2 Å². The van der Waals surface area contributed by atoms with Gasteiger partial charge in [-0.05, 0) is 36.8 Å². The molecular formula is C46H76N2O4. The Bertz CT molecular complexity index is 1380. The monoisotopic (exact) mass is 721 g/mol. The van der Waals surface area contributed by atoms with Gasteiger partial charge < -0.3 is 0 Å². The topological polar surface area (TPSA) is 99.9 Å². The van der Waals surface area contributed by atoms with E-state index in [2.05, 4.69) is 23.8 Å². The van der Waals surface area contributed by atoms with E-state index < -0.39 is 22.2 Å². The second-order valence-corrected chi connectivity index (χ2v) is 16.1. The van der Waals surface area contributed by atoms with Gasteiger partial charge in [-0.3, -0.25) is 29.1 Å². The van der Waals surface area contributed by atoms with Crippen LogP contribution in [-0.2, 0) is 12.8 Å². The SMILES string of the molecule is CCCCCCCCCCCCCCCCCCc1c2c(=O)[nH]c(=O)c2c(CCCCCCCCCCCCCCCCCC)c2c(=O)[nH]c(=O)c12. The summed E-state index contributed by atoms with van der Waals surface area (Å²) < 4.78 is 0. The molecule has 0 radical (unpaired) electrons. The molecule has 2 heterocycles. The van der Waals surface area contributed by atoms with Crippen LogP contribution in [0.5, 0.6) is 0 Å². The Morgan fingerprint density at radius 1 is 0.269 bits per heavy atom. The Hall–Kier alpha value is -2.50. The molecule has 6 nitrogen and oxygen atoms in total. The summed E-state index contributed by atoms with van der Waals surface area (Å²) in [6.07, 6.45) is 41.9. The third-order valence-corrected chi connectivity index (χ3v) is 11.6. The average molecular weight is 721 g/mol. The van der Waals surface area contributed by atoms with Crippen LogP contribution in [0.4, 0.5) is 0 Å². The van der Waals surface area contributed by atoms with Crippen LogP contribution in [0.25, 0.3) is 21.5 Å². The van der Waals surface area contributed by atoms with Gasteiger partial charge >= 0.3 is 0 Å². The standard InChI is InChI=1S/C46H76N2O4/c1-3-5-7-9-11-13-15-17-19-21-23-25-27-29-31-33-35-37-39-41(45(51)47-43(39)49)38(42-40(37)44(50)48-46(42)52)36-34-32-30-28-26-24-22-20-18-16-14-12-10-8-6-4-2/h3-36H2,1-2H3,(H,47,49,51)(H,48,50,52). The number of fused-ring (bicyclic) bond motifs is 2. The molecule has 0 fully saturated rings. The number of aromatic nitrogens is 2. The number of H-pyrrole nitrogens is 2. The van der Waals surface area contributed by atoms with Crippen molar-refractivity contribution in [2.24, 2.45) is 0 Å². The van der Waals surface area contributed by atoms with Crippen molar-refractivity contribution in [2.45, 2.75) is 232 Å². The third-order valence-electron chi connectivity index (χ3n) is 11.6. The maximum atomic E-state index is 13.1. The predicted octanol–water partition coefficient (Wildman–Crippen LogP) is 12.6. The summed E-state index contributed by atoms with van der Waals surface area (Å²) in [7, 11) is 0. The van der Waals surface area contributed by atoms with E-state index in [9.17, 15) is 19.2 Å². The van der Waals surface area contributed by atoms with Gasteiger partial charge in [0.15, 0.2) is 0 Å². The number of aryl methyl sites for hydroxylation is 2. The highest BCUT2D eigenvalue weighted by Crippen LogP contribution is 2.29. The fourth-order valence-corrected chi connectivity index (χ4v) is 8.51. The van der Waals surface area contributed by atoms with Crippen LogP contribution < -0.4 is 22.2 Å². The first-order valence-corrected chi connectivity index (χ1v) is 22.4. The van der Waals surface area contributed by atoms with Gasteiger partial charge in [0, 0.05) is 0 Å². The van der Waals surface area contributed by atoms with Gasteiger partial charge in [-0.15, -0.1) is 0 Å². The lowest BCUT2D eigenvalue weighted by molar-refractivity contribution is 0.529. The molecule has 2 aromatic heterocycles. The summed E-state index contributed by atoms with van der Waals surface area (Å²) in [6, 6.07) is 0. The lowest BCUT2D eigenvalue weighted by atomic mass is 9.90. The molecule has 0 unspecified atom stereocenters. The Balaban J connectivity index is 1.38. The molecule has 2 N–H and O–H groups in total. The number of hydrogen-bond acceptors (Lipinski definition) is 4. The average Bonchev–Trinajstić information content (AvgIpc) is 3.61. The molecule has 294 valence electrons. The van der Waals surface area contributed by atoms with Crippen LogP contribution in [-0.4, -0.2) is 9.97 Å². The van der Waals surface area contributed by atoms with Crippen molar-refractivity contribution in [2.75, 3.05) is 0 Å². The highest BCUT2D eigenvalue weighted by molar-refractivity contribution is 6.05. The maximum absolute atomic E-state index is 13.1. The summed E-state index contributed by atoms with van der Waals surface area (Å²) >= 11 is 0. The van der Waals surface area contributed by atoms with E-state index in [0.29, 0.717) is 45.5 Å². The lowest BCUT2D eigenvalue weighted by Gasteiger charge is -2.10. The summed E-state index contributed by atoms with van der Waals surface area (Å²) in [4.78, 5) is 57.3. The van der Waals surface area contributed by atoms with Crippen LogP contribution >= 0.6 is 0 Å². The maximum Gasteiger partial charge on any atom is 0.259 e. The van der Waals surface area contributed by atoms with Crippen LogP contribution in [0.1, 0.15) is 230 Å². The molecule has 0 aliphatic rings. The van der Waals surface area contributed by atoms with E-state index >= 15 is 0 Å². The zero-order valence-corrected chi connectivity index (χ0v) is 33.7. The van der Waals surface area contributed by atoms with E-state index in [4.69, 9.17) is 0 Å². The fraction of sp³-hybridized carbons (Fsp3) is 0.783. The fourth-order valence-electron chi connectivity index (χ4n) is 8.51. The van der Waals surface area contributed by atoms with Crippen molar-refractivity contribution in [3.8, 4) is 0 Å². The second kappa shape index (κ2) is 27.1. The molecule has 0 spiro atoms. The molecule has 0 atom stereocenters. The van der Waals surface area contributed by atoms with Gasteiger partial charge in [0.05, 0.1) is 21.5 Å². The number of rotatable bonds is 34. The molecule has 52 heavy (non-hydrogen) atoms. The van der Waals surface area contributed by atoms with Crippen molar-refractivity contribution in [1.29, 1.82) is 0 Å². The first-order chi connectivity index (χ1) is 25.5. The largest absolute Gasteiger partial charge is 0.288 e. The number of nitrogens with one attached hydrogen (secondary N) is 2. The molecule has 0 aliphatic heterocycles. The van der Waals surface area contributed by atoms with E-state index in [1.165, 1.54) is 167 Å². The van der Waals surface area contributed by atoms with Crippen molar-refractivity contribution in [3.05, 3.63) is 52.5 Å². The number of benzene rings is 1. The summed E-state index contributed by atoms with van der Waals surface area (Å²) in [6.45, 7) is 4.54. The summed E-state index contributed by atoms with van der Waals surface area (Å²) in [5, 5.41) is 1.39. The molecule has 6 heteroatoms. The lowest BCUT2D eigenvalue weighted by Crippen LogP contribution is -2.08. The van der Waals surface area contributed by atoms with Gasteiger partial charge in [0.1, 0.15) is 0 Å². The van der Waals surface area contributed by atoms with E-state index in [1.807, 2.05) is 0 Å². The van der Waals surface area contributed by atoms with Crippen LogP contribution in [0.15, 0.2) is 19.2 Å². The van der Waals surface area contributed by atoms with Crippen LogP contribution in [0, 0.1) is 0 Å². The van der Waals surface area contributed by atoms with Gasteiger partial charge in [0.2, 0.25) is 0 Å². The second-order valence-electron chi connectivity index (χ2n) is 16.1. The number of aromatic amines is 2. The zero-order chi connectivity index (χ0) is 37.2. The third kappa shape index (κ3) is 15.5. The molecule has 1 aromatic carbocycles. The van der Waals surface area contributed by atoms with E-state index in [-0.39, 0.29) is 0 Å². The van der Waals surface area contributed by atoms with Crippen LogP contribution in [0.2, 0.25) is 0 Å². The predicted molar refractivity (Wildman–Crippen MR) is 224 cm³/mol. The molecular weight excluding hydrogens is 645 g/mol. The molecule has 0 amide bonds. The van der Waals surface area contributed by atoms with Gasteiger partial charge in [-0.2, -0.15) is 0 Å². The first-order valence-electron chi connectivity index (χ1n) is 22.4. The summed E-state index contributed by atoms with van der Waals surface area (Å²) in [5.74, 6) is 0. The van der Waals surface area contributed by atoms with Crippen molar-refractivity contribution in [3.63, 3.8) is 0 Å². The first kappa shape index (κ1) is 43.9. The van der Waals surface area contributed by atoms with Crippen molar-refractivity contribution >= 4 is 21.5 Å². The molecule has 0 aliphatic carbocycles. The Morgan fingerprint density at radius 3 is 0.635 bits per heavy atom. The molecule has 0 saturated carbocycles. The smallest absolute Gasteiger partial charge is 0.259 e. The van der Waals surface area contributed by atoms with Gasteiger partial charge in [-0.25, -0.2) is 0 Å². The minimum absolute atomic E-state index is 0.348. The van der Waals surface area contributed by atoms with E-state index in [0.717, 1.165) is 38.5 Å². The Labute approximate surface area is 315 Å². The minimum Gasteiger partial charge on any atom is -0.288 e. The molecule has 3 rings (SSSR count). The zero-order valence-electron chi connectivity index (χ0n) is 33.7. The Kier molecular flexibility index (Phi) is 22.9. The van der Waals surface area contributed by atoms with Crippen LogP contribution in [0.3, 0.4) is 0 Å².